The Balaban J connectivity index is 0.00000112. The van der Waals surface area contributed by atoms with E-state index in [9.17, 15) is 4.79 Å². The van der Waals surface area contributed by atoms with Crippen molar-refractivity contribution < 1.29 is 14.6 Å². The first kappa shape index (κ1) is 12.7. The molecule has 2 unspecified atom stereocenters. The minimum Gasteiger partial charge on any atom is -0.481 e. The monoisotopic (exact) mass is 235 g/mol. The van der Waals surface area contributed by atoms with Gasteiger partial charge in [-0.1, -0.05) is 0 Å². The highest BCUT2D eigenvalue weighted by Crippen LogP contribution is 2.31. The van der Waals surface area contributed by atoms with Crippen LogP contribution in [-0.2, 0) is 9.53 Å². The molecule has 0 aliphatic carbocycles. The lowest BCUT2D eigenvalue weighted by molar-refractivity contribution is -0.144. The Morgan fingerprint density at radius 3 is 2.53 bits per heavy atom. The molecule has 0 amide bonds. The summed E-state index contributed by atoms with van der Waals surface area (Å²) in [7, 11) is 0. The molecule has 0 aromatic heterocycles. The Morgan fingerprint density at radius 1 is 1.27 bits per heavy atom. The van der Waals surface area contributed by atoms with Crippen molar-refractivity contribution >= 4 is 18.4 Å². The molecule has 0 saturated carbocycles. The fraction of sp³-hybridized carbons (Fsp3) is 0.900. The lowest BCUT2D eigenvalue weighted by Gasteiger charge is -2.29. The van der Waals surface area contributed by atoms with Gasteiger partial charge in [-0.2, -0.15) is 0 Å². The van der Waals surface area contributed by atoms with Gasteiger partial charge in [-0.25, -0.2) is 0 Å². The van der Waals surface area contributed by atoms with E-state index >= 15 is 0 Å². The van der Waals surface area contributed by atoms with Crippen molar-refractivity contribution in [2.45, 2.75) is 25.4 Å². The SMILES string of the molecule is Cl.O=C(O)C1CCOC1C1CCNCC1. The molecule has 0 aromatic rings. The lowest BCUT2D eigenvalue weighted by atomic mass is 9.85. The van der Waals surface area contributed by atoms with E-state index in [1.165, 1.54) is 0 Å². The normalized spacial score (nSPS) is 32.3. The van der Waals surface area contributed by atoms with Crippen LogP contribution in [0.25, 0.3) is 0 Å². The van der Waals surface area contributed by atoms with Gasteiger partial charge in [0.05, 0.1) is 12.0 Å². The number of hydrogen-bond acceptors (Lipinski definition) is 3. The molecule has 2 heterocycles. The number of aliphatic carboxylic acids is 1. The van der Waals surface area contributed by atoms with Crippen LogP contribution in [0, 0.1) is 11.8 Å². The lowest BCUT2D eigenvalue weighted by Crippen LogP contribution is -2.38. The molecule has 2 aliphatic heterocycles. The van der Waals surface area contributed by atoms with Gasteiger partial charge in [-0.15, -0.1) is 12.4 Å². The highest BCUT2D eigenvalue weighted by Gasteiger charge is 2.39. The van der Waals surface area contributed by atoms with Crippen LogP contribution in [0.4, 0.5) is 0 Å². The number of nitrogens with one attached hydrogen (secondary N) is 1. The number of hydrogen-bond donors (Lipinski definition) is 2. The quantitative estimate of drug-likeness (QED) is 0.747. The largest absolute Gasteiger partial charge is 0.481 e. The van der Waals surface area contributed by atoms with Gasteiger partial charge in [-0.05, 0) is 38.3 Å². The minimum atomic E-state index is -0.689. The van der Waals surface area contributed by atoms with Gasteiger partial charge >= 0.3 is 5.97 Å². The molecular weight excluding hydrogens is 218 g/mol. The van der Waals surface area contributed by atoms with Crippen molar-refractivity contribution in [1.29, 1.82) is 0 Å². The maximum Gasteiger partial charge on any atom is 0.309 e. The average Bonchev–Trinajstić information content (AvgIpc) is 2.67. The van der Waals surface area contributed by atoms with E-state index in [4.69, 9.17) is 9.84 Å². The fourth-order valence-corrected chi connectivity index (χ4v) is 2.51. The summed E-state index contributed by atoms with van der Waals surface area (Å²) in [6.07, 6.45) is 2.75. The number of carboxylic acids is 1. The van der Waals surface area contributed by atoms with Gasteiger partial charge in [0.15, 0.2) is 0 Å². The molecule has 2 atom stereocenters. The number of piperidine rings is 1. The minimum absolute atomic E-state index is 0. The first-order chi connectivity index (χ1) is 6.79. The van der Waals surface area contributed by atoms with Crippen molar-refractivity contribution in [2.75, 3.05) is 19.7 Å². The van der Waals surface area contributed by atoms with Crippen LogP contribution in [0.15, 0.2) is 0 Å². The zero-order chi connectivity index (χ0) is 9.97. The second-order valence-corrected chi connectivity index (χ2v) is 4.16. The standard InChI is InChI=1S/C10H17NO3.ClH/c12-10(13)8-3-6-14-9(8)7-1-4-11-5-2-7;/h7-9,11H,1-6H2,(H,12,13);1H. The van der Waals surface area contributed by atoms with E-state index in [0.717, 1.165) is 25.9 Å². The zero-order valence-corrected chi connectivity index (χ0v) is 9.46. The molecule has 2 rings (SSSR count). The van der Waals surface area contributed by atoms with Crippen molar-refractivity contribution in [1.82, 2.24) is 5.32 Å². The molecular formula is C10H18ClNO3. The Bertz CT molecular complexity index is 219. The number of halogens is 1. The summed E-state index contributed by atoms with van der Waals surface area (Å²) in [4.78, 5) is 11.0. The molecule has 15 heavy (non-hydrogen) atoms. The molecule has 0 radical (unpaired) electrons. The molecule has 2 N–H and O–H groups in total. The van der Waals surface area contributed by atoms with Crippen molar-refractivity contribution in [3.8, 4) is 0 Å². The summed E-state index contributed by atoms with van der Waals surface area (Å²) < 4.78 is 5.56. The number of rotatable bonds is 2. The van der Waals surface area contributed by atoms with E-state index in [1.807, 2.05) is 0 Å². The van der Waals surface area contributed by atoms with Crippen molar-refractivity contribution in [3.05, 3.63) is 0 Å². The van der Waals surface area contributed by atoms with Gasteiger partial charge in [0.25, 0.3) is 0 Å². The number of carbonyl (C=O) groups is 1. The molecule has 0 aromatic carbocycles. The number of carboxylic acid groups (broad SMARTS) is 1. The van der Waals surface area contributed by atoms with E-state index in [2.05, 4.69) is 5.32 Å². The Morgan fingerprint density at radius 2 is 1.93 bits per heavy atom. The molecule has 88 valence electrons. The summed E-state index contributed by atoms with van der Waals surface area (Å²) in [6, 6.07) is 0. The second-order valence-electron chi connectivity index (χ2n) is 4.16. The molecule has 0 spiro atoms. The zero-order valence-electron chi connectivity index (χ0n) is 8.65. The summed E-state index contributed by atoms with van der Waals surface area (Å²) in [5.74, 6) is -0.510. The van der Waals surface area contributed by atoms with Crippen LogP contribution >= 0.6 is 12.4 Å². The van der Waals surface area contributed by atoms with E-state index in [0.29, 0.717) is 18.9 Å². The van der Waals surface area contributed by atoms with E-state index in [-0.39, 0.29) is 24.4 Å². The highest BCUT2D eigenvalue weighted by molar-refractivity contribution is 5.85. The third kappa shape index (κ3) is 2.83. The Kier molecular flexibility index (Phi) is 4.83. The van der Waals surface area contributed by atoms with Gasteiger partial charge in [0.2, 0.25) is 0 Å². The molecule has 2 saturated heterocycles. The maximum atomic E-state index is 11.0. The molecule has 0 bridgehead atoms. The van der Waals surface area contributed by atoms with Crippen LogP contribution in [0.2, 0.25) is 0 Å². The second kappa shape index (κ2) is 5.68. The summed E-state index contributed by atoms with van der Waals surface area (Å²) in [5.41, 5.74) is 0. The third-order valence-corrected chi connectivity index (χ3v) is 3.30. The molecule has 4 nitrogen and oxygen atoms in total. The van der Waals surface area contributed by atoms with Crippen molar-refractivity contribution in [3.63, 3.8) is 0 Å². The molecule has 5 heteroatoms. The Labute approximate surface area is 95.8 Å². The third-order valence-electron chi connectivity index (χ3n) is 3.30. The average molecular weight is 236 g/mol. The highest BCUT2D eigenvalue weighted by atomic mass is 35.5. The number of ether oxygens (including phenoxy) is 1. The van der Waals surface area contributed by atoms with E-state index < -0.39 is 5.97 Å². The van der Waals surface area contributed by atoms with Crippen LogP contribution in [0.5, 0.6) is 0 Å². The molecule has 2 aliphatic rings. The smallest absolute Gasteiger partial charge is 0.309 e. The van der Waals surface area contributed by atoms with Crippen LogP contribution in [0.3, 0.4) is 0 Å². The summed E-state index contributed by atoms with van der Waals surface area (Å²) in [5, 5.41) is 12.3. The first-order valence-corrected chi connectivity index (χ1v) is 5.34. The fourth-order valence-electron chi connectivity index (χ4n) is 2.51. The summed E-state index contributed by atoms with van der Waals surface area (Å²) >= 11 is 0. The predicted octanol–water partition coefficient (Wildman–Crippen LogP) is 0.897. The van der Waals surface area contributed by atoms with Crippen LogP contribution in [0.1, 0.15) is 19.3 Å². The van der Waals surface area contributed by atoms with Crippen LogP contribution < -0.4 is 5.32 Å². The predicted molar refractivity (Wildman–Crippen MR) is 58.3 cm³/mol. The van der Waals surface area contributed by atoms with Gasteiger partial charge in [0, 0.05) is 6.61 Å². The van der Waals surface area contributed by atoms with Gasteiger partial charge in [-0.3, -0.25) is 4.79 Å². The Hall–Kier alpha value is -0.320. The van der Waals surface area contributed by atoms with Crippen LogP contribution in [-0.4, -0.2) is 36.9 Å². The maximum absolute atomic E-state index is 11.0. The van der Waals surface area contributed by atoms with Gasteiger partial charge < -0.3 is 15.2 Å². The molecule has 2 fully saturated rings. The van der Waals surface area contributed by atoms with Crippen molar-refractivity contribution in [2.24, 2.45) is 11.8 Å². The van der Waals surface area contributed by atoms with E-state index in [1.54, 1.807) is 0 Å². The summed E-state index contributed by atoms with van der Waals surface area (Å²) in [6.45, 7) is 2.61. The van der Waals surface area contributed by atoms with Gasteiger partial charge in [0.1, 0.15) is 0 Å². The topological polar surface area (TPSA) is 58.6 Å². The first-order valence-electron chi connectivity index (χ1n) is 5.34.